The summed E-state index contributed by atoms with van der Waals surface area (Å²) >= 11 is 13.3. The van der Waals surface area contributed by atoms with Crippen LogP contribution in [0.1, 0.15) is 31.7 Å². The van der Waals surface area contributed by atoms with E-state index >= 15 is 0 Å². The lowest BCUT2D eigenvalue weighted by Gasteiger charge is -1.99. The summed E-state index contributed by atoms with van der Waals surface area (Å²) in [5.74, 6) is 0.908. The van der Waals surface area contributed by atoms with Crippen LogP contribution in [0, 0.1) is 0 Å². The van der Waals surface area contributed by atoms with Crippen LogP contribution in [0.5, 0.6) is 0 Å². The van der Waals surface area contributed by atoms with Crippen molar-refractivity contribution in [1.82, 2.24) is 0 Å². The van der Waals surface area contributed by atoms with Gasteiger partial charge in [0.2, 0.25) is 0 Å². The second-order valence-corrected chi connectivity index (χ2v) is 6.02. The van der Waals surface area contributed by atoms with Crippen molar-refractivity contribution in [1.29, 1.82) is 0 Å². The number of thioether (sulfide) groups is 1. The smallest absolute Gasteiger partial charge is 0.185 e. The van der Waals surface area contributed by atoms with Crippen LogP contribution in [0.25, 0.3) is 6.08 Å². The van der Waals surface area contributed by atoms with E-state index in [2.05, 4.69) is 6.08 Å². The maximum atomic E-state index is 10.7. The van der Waals surface area contributed by atoms with Crippen LogP contribution < -0.4 is 0 Å². The quantitative estimate of drug-likeness (QED) is 0.649. The standard InChI is InChI=1S/C14H16Cl2OS/c1-11(17)18-9-5-3-2-4-6-12-7-8-13(15)10-14(12)16/h4,6-8,10H,2-3,5,9H2,1H3/b6-4+. The molecule has 0 aromatic heterocycles. The van der Waals surface area contributed by atoms with Gasteiger partial charge in [-0.3, -0.25) is 4.79 Å². The van der Waals surface area contributed by atoms with Gasteiger partial charge in [-0.05, 0) is 37.0 Å². The van der Waals surface area contributed by atoms with Gasteiger partial charge in [-0.25, -0.2) is 0 Å². The van der Waals surface area contributed by atoms with Crippen LogP contribution >= 0.6 is 35.0 Å². The van der Waals surface area contributed by atoms with Crippen LogP contribution in [0.2, 0.25) is 10.0 Å². The van der Waals surface area contributed by atoms with Crippen molar-refractivity contribution in [3.8, 4) is 0 Å². The molecule has 98 valence electrons. The number of carbonyl (C=O) groups excluding carboxylic acids is 1. The maximum Gasteiger partial charge on any atom is 0.185 e. The molecule has 0 aliphatic heterocycles. The summed E-state index contributed by atoms with van der Waals surface area (Å²) in [6.45, 7) is 1.60. The predicted molar refractivity (Wildman–Crippen MR) is 82.5 cm³/mol. The molecule has 18 heavy (non-hydrogen) atoms. The van der Waals surface area contributed by atoms with Gasteiger partial charge in [-0.1, -0.05) is 53.2 Å². The van der Waals surface area contributed by atoms with Gasteiger partial charge in [-0.2, -0.15) is 0 Å². The van der Waals surface area contributed by atoms with Crippen molar-refractivity contribution in [2.75, 3.05) is 5.75 Å². The summed E-state index contributed by atoms with van der Waals surface area (Å²) in [6.07, 6.45) is 7.26. The molecule has 4 heteroatoms. The maximum absolute atomic E-state index is 10.7. The van der Waals surface area contributed by atoms with Gasteiger partial charge in [0.05, 0.1) is 0 Å². The molecule has 0 saturated carbocycles. The van der Waals surface area contributed by atoms with Crippen LogP contribution in [-0.2, 0) is 4.79 Å². The number of carbonyl (C=O) groups is 1. The first-order chi connectivity index (χ1) is 8.59. The Balaban J connectivity index is 2.26. The molecule has 0 saturated heterocycles. The van der Waals surface area contributed by atoms with E-state index in [1.165, 1.54) is 11.8 Å². The average Bonchev–Trinajstić information content (AvgIpc) is 2.30. The lowest BCUT2D eigenvalue weighted by molar-refractivity contribution is -0.109. The van der Waals surface area contributed by atoms with Crippen molar-refractivity contribution >= 4 is 46.2 Å². The number of halogens is 2. The fourth-order valence-corrected chi connectivity index (χ4v) is 2.53. The SMILES string of the molecule is CC(=O)SCCCC/C=C/c1ccc(Cl)cc1Cl. The highest BCUT2D eigenvalue weighted by Gasteiger charge is 1.97. The van der Waals surface area contributed by atoms with Crippen molar-refractivity contribution in [2.24, 2.45) is 0 Å². The fourth-order valence-electron chi connectivity index (χ4n) is 1.43. The van der Waals surface area contributed by atoms with Crippen LogP contribution in [0.4, 0.5) is 0 Å². The van der Waals surface area contributed by atoms with Gasteiger partial charge < -0.3 is 0 Å². The minimum atomic E-state index is 0.193. The van der Waals surface area contributed by atoms with E-state index in [0.29, 0.717) is 10.0 Å². The zero-order chi connectivity index (χ0) is 13.4. The molecule has 0 amide bonds. The topological polar surface area (TPSA) is 17.1 Å². The van der Waals surface area contributed by atoms with E-state index in [1.54, 1.807) is 13.0 Å². The molecule has 0 bridgehead atoms. The lowest BCUT2D eigenvalue weighted by Crippen LogP contribution is -1.85. The monoisotopic (exact) mass is 302 g/mol. The molecular weight excluding hydrogens is 287 g/mol. The summed E-state index contributed by atoms with van der Waals surface area (Å²) in [5, 5.41) is 1.52. The minimum Gasteiger partial charge on any atom is -0.288 e. The molecule has 0 spiro atoms. The highest BCUT2D eigenvalue weighted by atomic mass is 35.5. The summed E-state index contributed by atoms with van der Waals surface area (Å²) in [5.41, 5.74) is 0.985. The molecule has 0 aliphatic rings. The van der Waals surface area contributed by atoms with Crippen LogP contribution in [0.15, 0.2) is 24.3 Å². The zero-order valence-corrected chi connectivity index (χ0v) is 12.6. The Kier molecular flexibility index (Phi) is 7.48. The Morgan fingerprint density at radius 1 is 1.33 bits per heavy atom. The van der Waals surface area contributed by atoms with E-state index < -0.39 is 0 Å². The fraction of sp³-hybridized carbons (Fsp3) is 0.357. The highest BCUT2D eigenvalue weighted by molar-refractivity contribution is 8.13. The molecule has 0 radical (unpaired) electrons. The third-order valence-electron chi connectivity index (χ3n) is 2.33. The number of allylic oxidation sites excluding steroid dienone is 1. The van der Waals surface area contributed by atoms with Crippen LogP contribution in [-0.4, -0.2) is 10.9 Å². The van der Waals surface area contributed by atoms with Gasteiger partial charge in [0.1, 0.15) is 0 Å². The second-order valence-electron chi connectivity index (χ2n) is 3.90. The summed E-state index contributed by atoms with van der Waals surface area (Å²) in [6, 6.07) is 5.48. The van der Waals surface area contributed by atoms with E-state index in [1.807, 2.05) is 18.2 Å². The summed E-state index contributed by atoms with van der Waals surface area (Å²) in [4.78, 5) is 10.7. The van der Waals surface area contributed by atoms with E-state index in [9.17, 15) is 4.79 Å². The molecule has 0 atom stereocenters. The lowest BCUT2D eigenvalue weighted by atomic mass is 10.1. The van der Waals surface area contributed by atoms with Gasteiger partial charge in [0.15, 0.2) is 5.12 Å². The number of unbranched alkanes of at least 4 members (excludes halogenated alkanes) is 2. The average molecular weight is 303 g/mol. The first kappa shape index (κ1) is 15.6. The first-order valence-corrected chi connectivity index (χ1v) is 7.58. The number of benzene rings is 1. The normalized spacial score (nSPS) is 11.1. The Hall–Kier alpha value is -0.440. The van der Waals surface area contributed by atoms with Crippen LogP contribution in [0.3, 0.4) is 0 Å². The van der Waals surface area contributed by atoms with E-state index in [0.717, 1.165) is 30.6 Å². The van der Waals surface area contributed by atoms with E-state index in [4.69, 9.17) is 23.2 Å². The van der Waals surface area contributed by atoms with Gasteiger partial charge in [-0.15, -0.1) is 0 Å². The zero-order valence-electron chi connectivity index (χ0n) is 10.3. The molecular formula is C14H16Cl2OS. The number of hydrogen-bond donors (Lipinski definition) is 0. The van der Waals surface area contributed by atoms with Gasteiger partial charge in [0, 0.05) is 22.7 Å². The molecule has 1 rings (SSSR count). The van der Waals surface area contributed by atoms with E-state index in [-0.39, 0.29) is 5.12 Å². The molecule has 0 unspecified atom stereocenters. The molecule has 1 aromatic rings. The Labute approximate surface area is 123 Å². The third kappa shape index (κ3) is 6.48. The Bertz CT molecular complexity index is 430. The van der Waals surface area contributed by atoms with Crippen molar-refractivity contribution in [3.63, 3.8) is 0 Å². The number of rotatable bonds is 6. The van der Waals surface area contributed by atoms with Gasteiger partial charge >= 0.3 is 0 Å². The van der Waals surface area contributed by atoms with Crippen molar-refractivity contribution < 1.29 is 4.79 Å². The van der Waals surface area contributed by atoms with Crippen molar-refractivity contribution in [3.05, 3.63) is 39.9 Å². The molecule has 1 nitrogen and oxygen atoms in total. The number of hydrogen-bond acceptors (Lipinski definition) is 2. The third-order valence-corrected chi connectivity index (χ3v) is 3.79. The molecule has 1 aromatic carbocycles. The predicted octanol–water partition coefficient (Wildman–Crippen LogP) is 5.46. The van der Waals surface area contributed by atoms with Gasteiger partial charge in [0.25, 0.3) is 0 Å². The summed E-state index contributed by atoms with van der Waals surface area (Å²) in [7, 11) is 0. The Morgan fingerprint density at radius 3 is 2.78 bits per heavy atom. The molecule has 0 fully saturated rings. The highest BCUT2D eigenvalue weighted by Crippen LogP contribution is 2.22. The molecule has 0 aliphatic carbocycles. The molecule has 0 heterocycles. The summed E-state index contributed by atoms with van der Waals surface area (Å²) < 4.78 is 0. The largest absolute Gasteiger partial charge is 0.288 e. The van der Waals surface area contributed by atoms with Crippen molar-refractivity contribution in [2.45, 2.75) is 26.2 Å². The Morgan fingerprint density at radius 2 is 2.11 bits per heavy atom. The first-order valence-electron chi connectivity index (χ1n) is 5.84. The molecule has 0 N–H and O–H groups in total. The minimum absolute atomic E-state index is 0.193. The second kappa shape index (κ2) is 8.63.